The summed E-state index contributed by atoms with van der Waals surface area (Å²) in [6.07, 6.45) is 2.72. The minimum atomic E-state index is 0.658. The summed E-state index contributed by atoms with van der Waals surface area (Å²) in [5.74, 6) is 0. The van der Waals surface area contributed by atoms with Crippen LogP contribution in [0.3, 0.4) is 0 Å². The summed E-state index contributed by atoms with van der Waals surface area (Å²) in [6, 6.07) is 11.9. The lowest BCUT2D eigenvalue weighted by Gasteiger charge is -2.02. The highest BCUT2D eigenvalue weighted by atomic mass is 16.1. The molecular weight excluding hydrogens is 236 g/mol. The van der Waals surface area contributed by atoms with E-state index < -0.39 is 0 Å². The molecule has 0 radical (unpaired) electrons. The van der Waals surface area contributed by atoms with Crippen molar-refractivity contribution in [1.82, 2.24) is 9.61 Å². The second-order valence-electron chi connectivity index (χ2n) is 4.76. The molecule has 3 heteroatoms. The van der Waals surface area contributed by atoms with Crippen LogP contribution in [0.1, 0.15) is 21.5 Å². The lowest BCUT2D eigenvalue weighted by molar-refractivity contribution is 0.112. The first kappa shape index (κ1) is 11.7. The molecular formula is C16H14N2O. The van der Waals surface area contributed by atoms with Gasteiger partial charge in [0.2, 0.25) is 0 Å². The molecule has 3 nitrogen and oxygen atoms in total. The molecule has 0 saturated carbocycles. The van der Waals surface area contributed by atoms with E-state index in [4.69, 9.17) is 0 Å². The third kappa shape index (κ3) is 1.93. The Morgan fingerprint density at radius 1 is 1.16 bits per heavy atom. The van der Waals surface area contributed by atoms with Crippen molar-refractivity contribution in [3.05, 3.63) is 59.3 Å². The van der Waals surface area contributed by atoms with Gasteiger partial charge in [-0.15, -0.1) is 0 Å². The Labute approximate surface area is 111 Å². The number of aromatic nitrogens is 2. The fourth-order valence-corrected chi connectivity index (χ4v) is 2.37. The average molecular weight is 250 g/mol. The smallest absolute Gasteiger partial charge is 0.152 e. The predicted molar refractivity (Wildman–Crippen MR) is 75.5 cm³/mol. The van der Waals surface area contributed by atoms with E-state index >= 15 is 0 Å². The van der Waals surface area contributed by atoms with Crippen LogP contribution in [-0.4, -0.2) is 15.9 Å². The summed E-state index contributed by atoms with van der Waals surface area (Å²) in [7, 11) is 0. The molecule has 0 fully saturated rings. The maximum Gasteiger partial charge on any atom is 0.152 e. The van der Waals surface area contributed by atoms with Gasteiger partial charge in [-0.25, -0.2) is 4.52 Å². The van der Waals surface area contributed by atoms with Crippen LogP contribution in [0.25, 0.3) is 16.8 Å². The van der Waals surface area contributed by atoms with Crippen LogP contribution < -0.4 is 0 Å². The second kappa shape index (κ2) is 4.35. The lowest BCUT2D eigenvalue weighted by Crippen LogP contribution is -1.90. The third-order valence-electron chi connectivity index (χ3n) is 3.32. The molecule has 0 N–H and O–H groups in total. The number of hydrogen-bond donors (Lipinski definition) is 0. The molecule has 0 atom stereocenters. The monoisotopic (exact) mass is 250 g/mol. The van der Waals surface area contributed by atoms with Gasteiger partial charge in [0.15, 0.2) is 6.29 Å². The quantitative estimate of drug-likeness (QED) is 0.653. The van der Waals surface area contributed by atoms with Crippen molar-refractivity contribution >= 4 is 11.8 Å². The van der Waals surface area contributed by atoms with E-state index in [1.807, 2.05) is 18.3 Å². The molecule has 19 heavy (non-hydrogen) atoms. The summed E-state index contributed by atoms with van der Waals surface area (Å²) >= 11 is 0. The standard InChI is InChI=1S/C16H14N2O/c1-11-5-6-14(12(2)8-11)15-9-16-13(10-19)4-3-7-18(16)17-15/h3-10H,1-2H3. The highest BCUT2D eigenvalue weighted by molar-refractivity contribution is 5.87. The normalized spacial score (nSPS) is 10.8. The Hall–Kier alpha value is -2.42. The topological polar surface area (TPSA) is 34.4 Å². The summed E-state index contributed by atoms with van der Waals surface area (Å²) in [6.45, 7) is 4.15. The van der Waals surface area contributed by atoms with Gasteiger partial charge in [0.25, 0.3) is 0 Å². The number of pyridine rings is 1. The van der Waals surface area contributed by atoms with E-state index in [0.29, 0.717) is 5.56 Å². The first-order chi connectivity index (χ1) is 9.19. The van der Waals surface area contributed by atoms with Gasteiger partial charge < -0.3 is 0 Å². The Bertz CT molecular complexity index is 772. The molecule has 0 unspecified atom stereocenters. The van der Waals surface area contributed by atoms with Crippen LogP contribution in [0.5, 0.6) is 0 Å². The predicted octanol–water partition coefficient (Wildman–Crippen LogP) is 3.43. The maximum absolute atomic E-state index is 11.0. The summed E-state index contributed by atoms with van der Waals surface area (Å²) in [5.41, 5.74) is 5.92. The van der Waals surface area contributed by atoms with Crippen molar-refractivity contribution in [2.75, 3.05) is 0 Å². The molecule has 0 aliphatic rings. The summed E-state index contributed by atoms with van der Waals surface area (Å²) in [5, 5.41) is 4.54. The molecule has 0 amide bonds. The van der Waals surface area contributed by atoms with Crippen molar-refractivity contribution in [3.8, 4) is 11.3 Å². The molecule has 2 heterocycles. The summed E-state index contributed by atoms with van der Waals surface area (Å²) in [4.78, 5) is 11.0. The van der Waals surface area contributed by atoms with Crippen LogP contribution in [0.2, 0.25) is 0 Å². The van der Waals surface area contributed by atoms with Gasteiger partial charge in [-0.05, 0) is 37.6 Å². The number of carbonyl (C=O) groups is 1. The van der Waals surface area contributed by atoms with Crippen LogP contribution in [0, 0.1) is 13.8 Å². The van der Waals surface area contributed by atoms with Crippen LogP contribution in [-0.2, 0) is 0 Å². The van der Waals surface area contributed by atoms with Crippen molar-refractivity contribution in [3.63, 3.8) is 0 Å². The molecule has 94 valence electrons. The number of carbonyl (C=O) groups excluding carboxylic acids is 1. The van der Waals surface area contributed by atoms with Crippen molar-refractivity contribution in [2.24, 2.45) is 0 Å². The largest absolute Gasteiger partial charge is 0.298 e. The van der Waals surface area contributed by atoms with Gasteiger partial charge in [-0.2, -0.15) is 5.10 Å². The highest BCUT2D eigenvalue weighted by Gasteiger charge is 2.09. The zero-order chi connectivity index (χ0) is 13.4. The minimum absolute atomic E-state index is 0.658. The molecule has 0 saturated heterocycles. The molecule has 0 bridgehead atoms. The number of nitrogens with zero attached hydrogens (tertiary/aromatic N) is 2. The molecule has 0 aliphatic heterocycles. The Kier molecular flexibility index (Phi) is 2.67. The Morgan fingerprint density at radius 3 is 2.74 bits per heavy atom. The molecule has 0 spiro atoms. The first-order valence-corrected chi connectivity index (χ1v) is 6.20. The van der Waals surface area contributed by atoms with Gasteiger partial charge in [-0.1, -0.05) is 23.8 Å². The minimum Gasteiger partial charge on any atom is -0.298 e. The average Bonchev–Trinajstić information content (AvgIpc) is 2.81. The fourth-order valence-electron chi connectivity index (χ4n) is 2.37. The lowest BCUT2D eigenvalue weighted by atomic mass is 10.0. The molecule has 3 rings (SSSR count). The van der Waals surface area contributed by atoms with Gasteiger partial charge in [0, 0.05) is 17.3 Å². The van der Waals surface area contributed by atoms with Crippen molar-refractivity contribution in [2.45, 2.75) is 13.8 Å². The zero-order valence-electron chi connectivity index (χ0n) is 10.9. The van der Waals surface area contributed by atoms with E-state index in [0.717, 1.165) is 23.1 Å². The van der Waals surface area contributed by atoms with Crippen LogP contribution >= 0.6 is 0 Å². The summed E-state index contributed by atoms with van der Waals surface area (Å²) < 4.78 is 1.75. The van der Waals surface area contributed by atoms with Crippen LogP contribution in [0.15, 0.2) is 42.6 Å². The number of rotatable bonds is 2. The van der Waals surface area contributed by atoms with Gasteiger partial charge >= 0.3 is 0 Å². The van der Waals surface area contributed by atoms with E-state index in [2.05, 4.69) is 37.1 Å². The molecule has 0 aliphatic carbocycles. The number of aldehydes is 1. The van der Waals surface area contributed by atoms with Crippen molar-refractivity contribution < 1.29 is 4.79 Å². The van der Waals surface area contributed by atoms with E-state index in [1.165, 1.54) is 11.1 Å². The van der Waals surface area contributed by atoms with Gasteiger partial charge in [-0.3, -0.25) is 4.79 Å². The van der Waals surface area contributed by atoms with Gasteiger partial charge in [0.1, 0.15) is 0 Å². The second-order valence-corrected chi connectivity index (χ2v) is 4.76. The molecule has 1 aromatic carbocycles. The van der Waals surface area contributed by atoms with E-state index in [9.17, 15) is 4.79 Å². The Morgan fingerprint density at radius 2 is 2.00 bits per heavy atom. The molecule has 2 aromatic heterocycles. The zero-order valence-corrected chi connectivity index (χ0v) is 10.9. The van der Waals surface area contributed by atoms with E-state index in [1.54, 1.807) is 10.6 Å². The molecule has 3 aromatic rings. The third-order valence-corrected chi connectivity index (χ3v) is 3.32. The SMILES string of the molecule is Cc1ccc(-c2cc3c(C=O)cccn3n2)c(C)c1. The number of hydrogen-bond acceptors (Lipinski definition) is 2. The number of aryl methyl sites for hydroxylation is 2. The van der Waals surface area contributed by atoms with Gasteiger partial charge in [0.05, 0.1) is 11.2 Å². The van der Waals surface area contributed by atoms with Crippen LogP contribution in [0.4, 0.5) is 0 Å². The maximum atomic E-state index is 11.0. The number of fused-ring (bicyclic) bond motifs is 1. The number of benzene rings is 1. The Balaban J connectivity index is 2.23. The van der Waals surface area contributed by atoms with E-state index in [-0.39, 0.29) is 0 Å². The first-order valence-electron chi connectivity index (χ1n) is 6.20. The van der Waals surface area contributed by atoms with Crippen molar-refractivity contribution in [1.29, 1.82) is 0 Å². The fraction of sp³-hybridized carbons (Fsp3) is 0.125. The highest BCUT2D eigenvalue weighted by Crippen LogP contribution is 2.25.